The van der Waals surface area contributed by atoms with Gasteiger partial charge in [0.1, 0.15) is 0 Å². The molecule has 0 aliphatic carbocycles. The predicted molar refractivity (Wildman–Crippen MR) is 51.2 cm³/mol. The van der Waals surface area contributed by atoms with Gasteiger partial charge >= 0.3 is 5.97 Å². The summed E-state index contributed by atoms with van der Waals surface area (Å²) in [6.07, 6.45) is 2.63. The number of carbonyl (C=O) groups is 1. The second-order valence-electron chi connectivity index (χ2n) is 2.42. The third kappa shape index (κ3) is 4.64. The molecule has 0 atom stereocenters. The average molecular weight is 202 g/mol. The lowest BCUT2D eigenvalue weighted by molar-refractivity contribution is -0.142. The molecule has 0 unspecified atom stereocenters. The van der Waals surface area contributed by atoms with Crippen LogP contribution in [0.5, 0.6) is 0 Å². The molecule has 0 heterocycles. The van der Waals surface area contributed by atoms with Gasteiger partial charge in [-0.15, -0.1) is 0 Å². The summed E-state index contributed by atoms with van der Waals surface area (Å²) < 4.78 is 22.4. The zero-order valence-corrected chi connectivity index (χ0v) is 8.67. The molecule has 14 heavy (non-hydrogen) atoms. The molecule has 0 radical (unpaired) electrons. The van der Waals surface area contributed by atoms with E-state index >= 15 is 0 Å². The molecular formula is C10H15FO3. The first-order valence-electron chi connectivity index (χ1n) is 4.37. The minimum atomic E-state index is -0.489. The van der Waals surface area contributed by atoms with Crippen LogP contribution in [0.3, 0.4) is 0 Å². The maximum Gasteiger partial charge on any atom is 0.309 e. The van der Waals surface area contributed by atoms with E-state index in [1.54, 1.807) is 13.8 Å². The zero-order chi connectivity index (χ0) is 11.0. The van der Waals surface area contributed by atoms with Gasteiger partial charge in [-0.1, -0.05) is 0 Å². The van der Waals surface area contributed by atoms with Crippen molar-refractivity contribution in [2.24, 2.45) is 0 Å². The third-order valence-corrected chi connectivity index (χ3v) is 1.47. The Kier molecular flexibility index (Phi) is 6.45. The van der Waals surface area contributed by atoms with Gasteiger partial charge in [-0.3, -0.25) is 4.79 Å². The lowest BCUT2D eigenvalue weighted by Gasteiger charge is -2.03. The summed E-state index contributed by atoms with van der Waals surface area (Å²) in [4.78, 5) is 10.9. The van der Waals surface area contributed by atoms with Crippen molar-refractivity contribution >= 4 is 5.97 Å². The highest BCUT2D eigenvalue weighted by atomic mass is 19.1. The molecule has 0 spiro atoms. The molecule has 0 aliphatic heterocycles. The number of ether oxygens (including phenoxy) is 2. The largest absolute Gasteiger partial charge is 0.494 e. The van der Waals surface area contributed by atoms with Gasteiger partial charge in [0.15, 0.2) is 11.6 Å². The molecule has 0 aliphatic rings. The first kappa shape index (κ1) is 12.7. The number of carbonyl (C=O) groups excluding carboxylic acids is 1. The lowest BCUT2D eigenvalue weighted by Crippen LogP contribution is -2.02. The highest BCUT2D eigenvalue weighted by Crippen LogP contribution is 2.12. The molecule has 0 N–H and O–H groups in total. The van der Waals surface area contributed by atoms with Gasteiger partial charge < -0.3 is 9.47 Å². The number of methoxy groups -OCH3 is 1. The maximum absolute atomic E-state index is 12.9. The second kappa shape index (κ2) is 7.12. The van der Waals surface area contributed by atoms with Gasteiger partial charge in [-0.2, -0.15) is 0 Å². The molecule has 0 fully saturated rings. The number of esters is 1. The molecule has 0 amide bonds. The Labute approximate surface area is 83.2 Å². The Hall–Kier alpha value is -1.32. The van der Waals surface area contributed by atoms with Crippen molar-refractivity contribution in [2.45, 2.75) is 20.3 Å². The quantitative estimate of drug-likeness (QED) is 0.390. The van der Waals surface area contributed by atoms with E-state index in [0.717, 1.165) is 0 Å². The number of hydrogen-bond donors (Lipinski definition) is 0. The molecule has 80 valence electrons. The van der Waals surface area contributed by atoms with Crippen LogP contribution in [0.4, 0.5) is 4.39 Å². The Balaban J connectivity index is 4.25. The molecule has 0 aromatic carbocycles. The lowest BCUT2D eigenvalue weighted by atomic mass is 10.3. The van der Waals surface area contributed by atoms with Gasteiger partial charge in [0.05, 0.1) is 20.1 Å². The summed E-state index contributed by atoms with van der Waals surface area (Å²) in [5.74, 6) is -0.830. The Bertz CT molecular complexity index is 244. The first-order chi connectivity index (χ1) is 6.65. The summed E-state index contributed by atoms with van der Waals surface area (Å²) >= 11 is 0. The molecule has 0 rings (SSSR count). The Morgan fingerprint density at radius 3 is 2.57 bits per heavy atom. The van der Waals surface area contributed by atoms with E-state index in [1.165, 1.54) is 19.3 Å². The molecule has 4 heteroatoms. The molecule has 0 aromatic rings. The average Bonchev–Trinajstić information content (AvgIpc) is 2.18. The maximum atomic E-state index is 12.9. The van der Waals surface area contributed by atoms with Crippen LogP contribution in [0, 0.1) is 0 Å². The van der Waals surface area contributed by atoms with E-state index in [2.05, 4.69) is 4.74 Å². The van der Waals surface area contributed by atoms with Crippen molar-refractivity contribution < 1.29 is 18.7 Å². The monoisotopic (exact) mass is 202 g/mol. The molecule has 0 saturated carbocycles. The van der Waals surface area contributed by atoms with Gasteiger partial charge in [0.25, 0.3) is 0 Å². The fraction of sp³-hybridized carbons (Fsp3) is 0.500. The second-order valence-corrected chi connectivity index (χ2v) is 2.42. The normalized spacial score (nSPS) is 12.6. The Morgan fingerprint density at radius 1 is 1.50 bits per heavy atom. The summed E-state index contributed by atoms with van der Waals surface area (Å²) in [6, 6.07) is 0. The van der Waals surface area contributed by atoms with Gasteiger partial charge in [-0.25, -0.2) is 4.39 Å². The van der Waals surface area contributed by atoms with Crippen molar-refractivity contribution in [3.05, 3.63) is 23.7 Å². The predicted octanol–water partition coefficient (Wildman–Crippen LogP) is 2.34. The van der Waals surface area contributed by atoms with Crippen LogP contribution >= 0.6 is 0 Å². The summed E-state index contributed by atoms with van der Waals surface area (Å²) in [7, 11) is 1.35. The molecule has 0 bridgehead atoms. The molecule has 3 nitrogen and oxygen atoms in total. The standard InChI is InChI=1S/C10H15FO3/c1-4-8(11)9(13-3)6-7-10(12)14-5-2/h4,6H,5,7H2,1-3H3/b8-4+,9-6+. The van der Waals surface area contributed by atoms with Crippen LogP contribution in [0.25, 0.3) is 0 Å². The minimum absolute atomic E-state index is 0.0122. The van der Waals surface area contributed by atoms with Crippen molar-refractivity contribution in [1.29, 1.82) is 0 Å². The summed E-state index contributed by atoms with van der Waals surface area (Å²) in [6.45, 7) is 3.58. The first-order valence-corrected chi connectivity index (χ1v) is 4.37. The molecular weight excluding hydrogens is 187 g/mol. The smallest absolute Gasteiger partial charge is 0.309 e. The van der Waals surface area contributed by atoms with Gasteiger partial charge in [0, 0.05) is 0 Å². The summed E-state index contributed by atoms with van der Waals surface area (Å²) in [5, 5.41) is 0. The van der Waals surface area contributed by atoms with Crippen LogP contribution in [0.2, 0.25) is 0 Å². The van der Waals surface area contributed by atoms with Crippen LogP contribution in [-0.2, 0) is 14.3 Å². The van der Waals surface area contributed by atoms with Gasteiger partial charge in [-0.05, 0) is 26.0 Å². The van der Waals surface area contributed by atoms with Crippen molar-refractivity contribution in [1.82, 2.24) is 0 Å². The van der Waals surface area contributed by atoms with Crippen molar-refractivity contribution in [2.75, 3.05) is 13.7 Å². The van der Waals surface area contributed by atoms with Crippen LogP contribution < -0.4 is 0 Å². The SMILES string of the molecule is C/C=C(F)\C(=C/CC(=O)OCC)OC. The van der Waals surface area contributed by atoms with Crippen LogP contribution in [0.1, 0.15) is 20.3 Å². The number of halogens is 1. The van der Waals surface area contributed by atoms with E-state index in [4.69, 9.17) is 4.74 Å². The molecule has 0 saturated heterocycles. The zero-order valence-electron chi connectivity index (χ0n) is 8.67. The highest BCUT2D eigenvalue weighted by Gasteiger charge is 2.05. The Morgan fingerprint density at radius 2 is 2.14 bits per heavy atom. The summed E-state index contributed by atoms with van der Waals surface area (Å²) in [5.41, 5.74) is 0. The topological polar surface area (TPSA) is 35.5 Å². The number of hydrogen-bond acceptors (Lipinski definition) is 3. The van der Waals surface area contributed by atoms with E-state index in [0.29, 0.717) is 6.61 Å². The van der Waals surface area contributed by atoms with E-state index in [-0.39, 0.29) is 12.2 Å². The van der Waals surface area contributed by atoms with Crippen molar-refractivity contribution in [3.63, 3.8) is 0 Å². The van der Waals surface area contributed by atoms with E-state index < -0.39 is 11.8 Å². The van der Waals surface area contributed by atoms with E-state index in [1.807, 2.05) is 0 Å². The van der Waals surface area contributed by atoms with E-state index in [9.17, 15) is 9.18 Å². The van der Waals surface area contributed by atoms with Crippen molar-refractivity contribution in [3.8, 4) is 0 Å². The number of rotatable bonds is 5. The van der Waals surface area contributed by atoms with Gasteiger partial charge in [0.2, 0.25) is 0 Å². The third-order valence-electron chi connectivity index (χ3n) is 1.47. The fourth-order valence-corrected chi connectivity index (χ4v) is 0.817. The van der Waals surface area contributed by atoms with Crippen LogP contribution in [-0.4, -0.2) is 19.7 Å². The van der Waals surface area contributed by atoms with Crippen LogP contribution in [0.15, 0.2) is 23.7 Å². The number of allylic oxidation sites excluding steroid dienone is 2. The minimum Gasteiger partial charge on any atom is -0.494 e. The highest BCUT2D eigenvalue weighted by molar-refractivity contribution is 5.71. The molecule has 0 aromatic heterocycles. The fourth-order valence-electron chi connectivity index (χ4n) is 0.817.